The molecule has 0 nitrogen and oxygen atoms in total. The molecule has 1 unspecified atom stereocenters. The van der Waals surface area contributed by atoms with E-state index >= 15 is 0 Å². The zero-order valence-electron chi connectivity index (χ0n) is 15.7. The Hall–Kier alpha value is 0. The van der Waals surface area contributed by atoms with E-state index in [2.05, 4.69) is 6.92 Å². The van der Waals surface area contributed by atoms with E-state index in [0.717, 1.165) is 22.7 Å². The van der Waals surface area contributed by atoms with Crippen LogP contribution in [-0.2, 0) is 0 Å². The van der Waals surface area contributed by atoms with Crippen LogP contribution in [0.5, 0.6) is 0 Å². The van der Waals surface area contributed by atoms with Crippen molar-refractivity contribution in [3.8, 4) is 0 Å². The van der Waals surface area contributed by atoms with Gasteiger partial charge in [-0.25, -0.2) is 0 Å². The van der Waals surface area contributed by atoms with Gasteiger partial charge in [-0.2, -0.15) is 0 Å². The summed E-state index contributed by atoms with van der Waals surface area (Å²) in [6.45, 7) is 2.36. The first-order chi connectivity index (χ1) is 11.3. The molecule has 0 spiro atoms. The van der Waals surface area contributed by atoms with Crippen molar-refractivity contribution < 1.29 is 0 Å². The second-order valence-corrected chi connectivity index (χ2v) is 9.92. The van der Waals surface area contributed by atoms with Crippen molar-refractivity contribution in [2.24, 2.45) is 22.7 Å². The Balaban J connectivity index is 1.49. The van der Waals surface area contributed by atoms with Crippen LogP contribution >= 0.6 is 0 Å². The van der Waals surface area contributed by atoms with Gasteiger partial charge in [-0.15, -0.1) is 0 Å². The third-order valence-corrected chi connectivity index (χ3v) is 8.77. The van der Waals surface area contributed by atoms with Crippen LogP contribution in [-0.4, -0.2) is 0 Å². The predicted molar refractivity (Wildman–Crippen MR) is 99.3 cm³/mol. The van der Waals surface area contributed by atoms with E-state index in [1.807, 2.05) is 5.92 Å². The number of hydrogen-bond donors (Lipinski definition) is 0. The Morgan fingerprint density at radius 1 is 0.870 bits per heavy atom. The Morgan fingerprint density at radius 3 is 2.39 bits per heavy atom. The van der Waals surface area contributed by atoms with E-state index in [-0.39, 0.29) is 0 Å². The van der Waals surface area contributed by atoms with Crippen LogP contribution in [0.4, 0.5) is 0 Å². The van der Waals surface area contributed by atoms with E-state index in [1.54, 1.807) is 70.6 Å². The quantitative estimate of drug-likeness (QED) is 0.461. The van der Waals surface area contributed by atoms with Gasteiger partial charge in [0, 0.05) is 0 Å². The van der Waals surface area contributed by atoms with Gasteiger partial charge in [0.1, 0.15) is 0 Å². The molecule has 6 fully saturated rings. The first kappa shape index (κ1) is 16.5. The fourth-order valence-electron chi connectivity index (χ4n) is 7.21. The molecule has 6 rings (SSSR count). The molecule has 1 atom stereocenters. The summed E-state index contributed by atoms with van der Waals surface area (Å²) in [6, 6.07) is 0. The smallest absolute Gasteiger partial charge is 0.0204 e. The van der Waals surface area contributed by atoms with Crippen LogP contribution in [0.2, 0.25) is 0 Å². The summed E-state index contributed by atoms with van der Waals surface area (Å²) in [7, 11) is 0. The maximum Gasteiger partial charge on any atom is -0.0204 e. The molecule has 0 saturated heterocycles. The third-order valence-electron chi connectivity index (χ3n) is 8.77. The van der Waals surface area contributed by atoms with Gasteiger partial charge in [-0.05, 0) is 99.2 Å². The molecule has 0 aliphatic heterocycles. The van der Waals surface area contributed by atoms with Crippen molar-refractivity contribution in [1.29, 1.82) is 0 Å². The SMILES string of the molecule is CCCCCC12CC[C](CC1)C(C13CCCCC(CC1)CC3)C2. The molecule has 4 bridgehead atoms. The first-order valence-electron chi connectivity index (χ1n) is 11.1. The van der Waals surface area contributed by atoms with Crippen molar-refractivity contribution >= 4 is 0 Å². The molecule has 0 heterocycles. The Morgan fingerprint density at radius 2 is 1.65 bits per heavy atom. The van der Waals surface area contributed by atoms with Crippen LogP contribution in [0.1, 0.15) is 116 Å². The molecule has 0 heteroatoms. The summed E-state index contributed by atoms with van der Waals surface area (Å²) in [4.78, 5) is 0. The fourth-order valence-corrected chi connectivity index (χ4v) is 7.21. The minimum absolute atomic E-state index is 0.767. The summed E-state index contributed by atoms with van der Waals surface area (Å²) < 4.78 is 0. The Bertz CT molecular complexity index is 373. The van der Waals surface area contributed by atoms with Crippen molar-refractivity contribution in [3.05, 3.63) is 5.92 Å². The Labute approximate surface area is 145 Å². The fraction of sp³-hybridized carbons (Fsp3) is 0.957. The maximum absolute atomic E-state index is 2.36. The van der Waals surface area contributed by atoms with Crippen LogP contribution in [0, 0.1) is 28.6 Å². The van der Waals surface area contributed by atoms with Crippen molar-refractivity contribution in [3.63, 3.8) is 0 Å². The summed E-state index contributed by atoms with van der Waals surface area (Å²) in [5.41, 5.74) is 1.54. The van der Waals surface area contributed by atoms with E-state index < -0.39 is 0 Å². The molecule has 6 aliphatic carbocycles. The molecule has 0 aromatic heterocycles. The van der Waals surface area contributed by atoms with E-state index in [1.165, 1.54) is 38.5 Å². The van der Waals surface area contributed by atoms with Crippen molar-refractivity contribution in [2.75, 3.05) is 0 Å². The molecular formula is C23H39. The minimum atomic E-state index is 0.767. The number of fused-ring (bicyclic) bond motifs is 8. The Kier molecular flexibility index (Phi) is 4.81. The monoisotopic (exact) mass is 315 g/mol. The van der Waals surface area contributed by atoms with E-state index in [9.17, 15) is 0 Å². The lowest BCUT2D eigenvalue weighted by Crippen LogP contribution is -2.48. The summed E-state index contributed by atoms with van der Waals surface area (Å²) >= 11 is 0. The molecule has 0 amide bonds. The van der Waals surface area contributed by atoms with Gasteiger partial charge in [0.05, 0.1) is 0 Å². The van der Waals surface area contributed by atoms with Crippen LogP contribution in [0.3, 0.4) is 0 Å². The summed E-state index contributed by atoms with van der Waals surface area (Å²) in [5, 5.41) is 0. The van der Waals surface area contributed by atoms with Gasteiger partial charge in [0.2, 0.25) is 0 Å². The highest BCUT2D eigenvalue weighted by Crippen LogP contribution is 2.65. The number of rotatable bonds is 5. The lowest BCUT2D eigenvalue weighted by atomic mass is 9.46. The molecule has 0 aromatic carbocycles. The topological polar surface area (TPSA) is 0 Å². The zero-order chi connectivity index (χ0) is 15.8. The molecule has 1 radical (unpaired) electrons. The van der Waals surface area contributed by atoms with Gasteiger partial charge in [-0.3, -0.25) is 0 Å². The van der Waals surface area contributed by atoms with Crippen molar-refractivity contribution in [1.82, 2.24) is 0 Å². The molecule has 6 saturated carbocycles. The van der Waals surface area contributed by atoms with Gasteiger partial charge < -0.3 is 0 Å². The standard InChI is InChI=1S/C23H39/c1-2-3-5-12-22-14-10-20(11-15-22)21(18-22)23-13-6-4-7-19(8-16-23)9-17-23/h19,21H,2-18H2,1H3. The van der Waals surface area contributed by atoms with Gasteiger partial charge in [0.15, 0.2) is 0 Å². The molecule has 131 valence electrons. The van der Waals surface area contributed by atoms with E-state index in [0.29, 0.717) is 0 Å². The summed E-state index contributed by atoms with van der Waals surface area (Å²) in [6.07, 6.45) is 26.2. The molecule has 6 aliphatic rings. The molecular weight excluding hydrogens is 276 g/mol. The number of hydrogen-bond acceptors (Lipinski definition) is 0. The van der Waals surface area contributed by atoms with Crippen molar-refractivity contribution in [2.45, 2.75) is 116 Å². The van der Waals surface area contributed by atoms with Gasteiger partial charge in [0.25, 0.3) is 0 Å². The van der Waals surface area contributed by atoms with Crippen LogP contribution in [0.25, 0.3) is 0 Å². The van der Waals surface area contributed by atoms with Gasteiger partial charge >= 0.3 is 0 Å². The largest absolute Gasteiger partial charge is 0.0654 e. The first-order valence-corrected chi connectivity index (χ1v) is 11.1. The van der Waals surface area contributed by atoms with Gasteiger partial charge in [-0.1, -0.05) is 45.4 Å². The highest BCUT2D eigenvalue weighted by molar-refractivity contribution is 5.16. The van der Waals surface area contributed by atoms with E-state index in [4.69, 9.17) is 0 Å². The van der Waals surface area contributed by atoms with Crippen LogP contribution in [0.15, 0.2) is 0 Å². The zero-order valence-corrected chi connectivity index (χ0v) is 15.7. The molecule has 0 N–H and O–H groups in total. The second kappa shape index (κ2) is 6.72. The number of unbranched alkanes of at least 4 members (excludes halogenated alkanes) is 2. The average Bonchev–Trinajstić information content (AvgIpc) is 2.57. The normalized spacial score (nSPS) is 44.2. The predicted octanol–water partition coefficient (Wildman–Crippen LogP) is 7.47. The third kappa shape index (κ3) is 3.13. The second-order valence-electron chi connectivity index (χ2n) is 9.92. The van der Waals surface area contributed by atoms with Crippen LogP contribution < -0.4 is 0 Å². The molecule has 0 aromatic rings. The highest BCUT2D eigenvalue weighted by Gasteiger charge is 2.53. The lowest BCUT2D eigenvalue weighted by Gasteiger charge is -2.59. The average molecular weight is 316 g/mol. The maximum atomic E-state index is 2.36. The minimum Gasteiger partial charge on any atom is -0.0654 e. The summed E-state index contributed by atoms with van der Waals surface area (Å²) in [5.74, 6) is 4.19. The lowest BCUT2D eigenvalue weighted by molar-refractivity contribution is -0.0317. The highest BCUT2D eigenvalue weighted by atomic mass is 14.6. The molecule has 23 heavy (non-hydrogen) atoms.